The van der Waals surface area contributed by atoms with Gasteiger partial charge in [-0.3, -0.25) is 14.8 Å². The predicted molar refractivity (Wildman–Crippen MR) is 81.3 cm³/mol. The van der Waals surface area contributed by atoms with Crippen molar-refractivity contribution in [2.45, 2.75) is 19.8 Å². The van der Waals surface area contributed by atoms with Crippen LogP contribution >= 0.6 is 31.9 Å². The zero-order valence-electron chi connectivity index (χ0n) is 10.4. The summed E-state index contributed by atoms with van der Waals surface area (Å²) in [5, 5.41) is 0. The summed E-state index contributed by atoms with van der Waals surface area (Å²) in [7, 11) is 0. The van der Waals surface area contributed by atoms with Gasteiger partial charge in [-0.1, -0.05) is 13.0 Å². The number of carbonyl (C=O) groups excluding carboxylic acids is 1. The molecule has 2 heterocycles. The minimum atomic E-state index is -0.0453. The van der Waals surface area contributed by atoms with Gasteiger partial charge in [0, 0.05) is 27.0 Å². The van der Waals surface area contributed by atoms with Crippen molar-refractivity contribution in [1.82, 2.24) is 9.97 Å². The molecule has 98 valence electrons. The monoisotopic (exact) mass is 382 g/mol. The molecule has 3 nitrogen and oxygen atoms in total. The molecule has 0 aliphatic carbocycles. The Hall–Kier alpha value is -1.07. The van der Waals surface area contributed by atoms with Crippen LogP contribution in [-0.2, 0) is 12.8 Å². The third-order valence-electron chi connectivity index (χ3n) is 2.71. The summed E-state index contributed by atoms with van der Waals surface area (Å²) in [6.45, 7) is 2.07. The van der Waals surface area contributed by atoms with E-state index in [0.717, 1.165) is 16.6 Å². The summed E-state index contributed by atoms with van der Waals surface area (Å²) in [5.74, 6) is -0.0453. The summed E-state index contributed by atoms with van der Waals surface area (Å²) in [6, 6.07) is 5.71. The maximum Gasteiger partial charge on any atom is 0.188 e. The smallest absolute Gasteiger partial charge is 0.188 e. The van der Waals surface area contributed by atoms with Gasteiger partial charge in [0.05, 0.1) is 6.42 Å². The average Bonchev–Trinajstić information content (AvgIpc) is 2.39. The van der Waals surface area contributed by atoms with Crippen molar-refractivity contribution in [3.05, 3.63) is 56.5 Å². The van der Waals surface area contributed by atoms with Gasteiger partial charge >= 0.3 is 0 Å². The quantitative estimate of drug-likeness (QED) is 0.749. The van der Waals surface area contributed by atoms with Gasteiger partial charge in [0.15, 0.2) is 5.78 Å². The van der Waals surface area contributed by atoms with E-state index in [1.54, 1.807) is 6.20 Å². The lowest BCUT2D eigenvalue weighted by atomic mass is 10.1. The Morgan fingerprint density at radius 2 is 2.00 bits per heavy atom. The van der Waals surface area contributed by atoms with E-state index in [1.807, 2.05) is 24.4 Å². The molecule has 2 aromatic heterocycles. The molecule has 0 spiro atoms. The molecule has 0 amide bonds. The fraction of sp³-hybridized carbons (Fsp3) is 0.214. The Morgan fingerprint density at radius 3 is 2.58 bits per heavy atom. The summed E-state index contributed by atoms with van der Waals surface area (Å²) in [6.07, 6.45) is 4.64. The fourth-order valence-corrected chi connectivity index (χ4v) is 2.85. The summed E-state index contributed by atoms with van der Waals surface area (Å²) >= 11 is 6.66. The first-order valence-corrected chi connectivity index (χ1v) is 7.46. The number of carbonyl (C=O) groups is 1. The summed E-state index contributed by atoms with van der Waals surface area (Å²) in [4.78, 5) is 20.6. The number of Topliss-reactive ketones (excluding diaryl/α,β-unsaturated/α-hetero) is 1. The first kappa shape index (κ1) is 14.3. The Labute approximate surface area is 128 Å². The maximum absolute atomic E-state index is 12.2. The van der Waals surface area contributed by atoms with Crippen LogP contribution < -0.4 is 0 Å². The number of rotatable bonds is 4. The zero-order valence-corrected chi connectivity index (χ0v) is 13.5. The van der Waals surface area contributed by atoms with E-state index in [9.17, 15) is 4.79 Å². The molecule has 2 rings (SSSR count). The van der Waals surface area contributed by atoms with E-state index in [2.05, 4.69) is 48.8 Å². The van der Waals surface area contributed by atoms with Crippen molar-refractivity contribution in [1.29, 1.82) is 0 Å². The van der Waals surface area contributed by atoms with Gasteiger partial charge in [0.25, 0.3) is 0 Å². The predicted octanol–water partition coefficient (Wildman–Crippen LogP) is 3.99. The van der Waals surface area contributed by atoms with Crippen molar-refractivity contribution in [2.24, 2.45) is 0 Å². The number of aryl methyl sites for hydroxylation is 1. The highest BCUT2D eigenvalue weighted by atomic mass is 79.9. The number of hydrogen-bond acceptors (Lipinski definition) is 3. The largest absolute Gasteiger partial charge is 0.292 e. The standard InChI is InChI=1S/C14H12Br2N2O/c1-2-9-3-4-11(17-7-9)6-13(19)14-12(16)5-10(15)8-18-14/h3-5,7-8H,2,6H2,1H3. The molecule has 0 atom stereocenters. The molecule has 5 heteroatoms. The van der Waals surface area contributed by atoms with E-state index in [-0.39, 0.29) is 12.2 Å². The van der Waals surface area contributed by atoms with Gasteiger partial charge in [-0.15, -0.1) is 0 Å². The second kappa shape index (κ2) is 6.39. The third kappa shape index (κ3) is 3.70. The topological polar surface area (TPSA) is 42.9 Å². The number of ketones is 1. The average molecular weight is 384 g/mol. The molecule has 0 aliphatic heterocycles. The Kier molecular flexibility index (Phi) is 4.82. The number of nitrogens with zero attached hydrogens (tertiary/aromatic N) is 2. The highest BCUT2D eigenvalue weighted by molar-refractivity contribution is 9.11. The van der Waals surface area contributed by atoms with Gasteiger partial charge < -0.3 is 0 Å². The Balaban J connectivity index is 2.15. The van der Waals surface area contributed by atoms with Gasteiger partial charge in [-0.25, -0.2) is 0 Å². The molecule has 0 aliphatic rings. The fourth-order valence-electron chi connectivity index (χ4n) is 1.64. The minimum Gasteiger partial charge on any atom is -0.292 e. The first-order valence-electron chi connectivity index (χ1n) is 5.88. The molecular formula is C14H12Br2N2O. The van der Waals surface area contributed by atoms with Crippen molar-refractivity contribution in [2.75, 3.05) is 0 Å². The molecule has 0 aromatic carbocycles. The van der Waals surface area contributed by atoms with Crippen LogP contribution in [0.5, 0.6) is 0 Å². The van der Waals surface area contributed by atoms with Gasteiger partial charge in [-0.2, -0.15) is 0 Å². The molecule has 0 radical (unpaired) electrons. The molecular weight excluding hydrogens is 372 g/mol. The second-order valence-corrected chi connectivity index (χ2v) is 5.87. The van der Waals surface area contributed by atoms with E-state index < -0.39 is 0 Å². The molecule has 0 saturated heterocycles. The lowest BCUT2D eigenvalue weighted by Gasteiger charge is -2.04. The van der Waals surface area contributed by atoms with Crippen LogP contribution in [0.3, 0.4) is 0 Å². The minimum absolute atomic E-state index is 0.0453. The maximum atomic E-state index is 12.2. The van der Waals surface area contributed by atoms with E-state index in [1.165, 1.54) is 5.56 Å². The van der Waals surface area contributed by atoms with Crippen molar-refractivity contribution < 1.29 is 4.79 Å². The molecule has 0 unspecified atom stereocenters. The highest BCUT2D eigenvalue weighted by Gasteiger charge is 2.13. The van der Waals surface area contributed by atoms with Crippen molar-refractivity contribution >= 4 is 37.6 Å². The van der Waals surface area contributed by atoms with Crippen LogP contribution in [0.2, 0.25) is 0 Å². The number of halogens is 2. The Morgan fingerprint density at radius 1 is 1.21 bits per heavy atom. The van der Waals surface area contributed by atoms with Crippen LogP contribution in [0.4, 0.5) is 0 Å². The van der Waals surface area contributed by atoms with Crippen LogP contribution in [-0.4, -0.2) is 15.8 Å². The normalized spacial score (nSPS) is 10.5. The summed E-state index contributed by atoms with van der Waals surface area (Å²) < 4.78 is 1.53. The Bertz CT molecular complexity index is 597. The van der Waals surface area contributed by atoms with E-state index >= 15 is 0 Å². The molecule has 0 bridgehead atoms. The van der Waals surface area contributed by atoms with Gasteiger partial charge in [0.2, 0.25) is 0 Å². The first-order chi connectivity index (χ1) is 9.10. The molecule has 0 N–H and O–H groups in total. The van der Waals surface area contributed by atoms with Gasteiger partial charge in [0.1, 0.15) is 5.69 Å². The molecule has 0 saturated carbocycles. The highest BCUT2D eigenvalue weighted by Crippen LogP contribution is 2.20. The van der Waals surface area contributed by atoms with Crippen LogP contribution in [0.1, 0.15) is 28.7 Å². The van der Waals surface area contributed by atoms with E-state index in [0.29, 0.717) is 10.2 Å². The van der Waals surface area contributed by atoms with Gasteiger partial charge in [-0.05, 0) is 56.0 Å². The van der Waals surface area contributed by atoms with Crippen LogP contribution in [0.25, 0.3) is 0 Å². The molecule has 2 aromatic rings. The van der Waals surface area contributed by atoms with Crippen molar-refractivity contribution in [3.8, 4) is 0 Å². The molecule has 19 heavy (non-hydrogen) atoms. The summed E-state index contributed by atoms with van der Waals surface area (Å²) in [5.41, 5.74) is 2.36. The number of pyridine rings is 2. The molecule has 0 fully saturated rings. The zero-order chi connectivity index (χ0) is 13.8. The third-order valence-corrected chi connectivity index (χ3v) is 3.75. The van der Waals surface area contributed by atoms with Crippen molar-refractivity contribution in [3.63, 3.8) is 0 Å². The SMILES string of the molecule is CCc1ccc(CC(=O)c2ncc(Br)cc2Br)nc1. The number of aromatic nitrogens is 2. The van der Waals surface area contributed by atoms with Crippen LogP contribution in [0.15, 0.2) is 39.5 Å². The lowest BCUT2D eigenvalue weighted by molar-refractivity contribution is 0.0986. The second-order valence-electron chi connectivity index (χ2n) is 4.10. The van der Waals surface area contributed by atoms with E-state index in [4.69, 9.17) is 0 Å². The van der Waals surface area contributed by atoms with Crippen LogP contribution in [0, 0.1) is 0 Å². The lowest BCUT2D eigenvalue weighted by Crippen LogP contribution is -2.08. The number of hydrogen-bond donors (Lipinski definition) is 0.